The van der Waals surface area contributed by atoms with Crippen LogP contribution in [0, 0.1) is 0 Å². The van der Waals surface area contributed by atoms with Crippen molar-refractivity contribution < 1.29 is 14.3 Å². The largest absolute Gasteiger partial charge is 0.430 e. The normalized spacial score (nSPS) is 17.8. The van der Waals surface area contributed by atoms with Gasteiger partial charge in [-0.2, -0.15) is 0 Å². The zero-order valence-electron chi connectivity index (χ0n) is 15.2. The van der Waals surface area contributed by atoms with Crippen molar-refractivity contribution in [1.29, 1.82) is 0 Å². The first-order chi connectivity index (χ1) is 13.7. The number of hydrogen-bond acceptors (Lipinski definition) is 3. The molecular weight excluding hydrogens is 350 g/mol. The molecule has 28 heavy (non-hydrogen) atoms. The van der Waals surface area contributed by atoms with E-state index in [-0.39, 0.29) is 0 Å². The van der Waals surface area contributed by atoms with Crippen LogP contribution < -0.4 is 0 Å². The molecule has 0 N–H and O–H groups in total. The molecule has 0 aromatic heterocycles. The minimum atomic E-state index is -1.17. The van der Waals surface area contributed by atoms with E-state index in [4.69, 9.17) is 4.74 Å². The Bertz CT molecular complexity index is 960. The van der Waals surface area contributed by atoms with Gasteiger partial charge in [0, 0.05) is 11.1 Å². The van der Waals surface area contributed by atoms with Gasteiger partial charge in [0.25, 0.3) is 5.91 Å². The van der Waals surface area contributed by atoms with Crippen LogP contribution in [0.3, 0.4) is 0 Å². The van der Waals surface area contributed by atoms with Crippen LogP contribution in [0.25, 0.3) is 0 Å². The molecule has 1 heterocycles. The lowest BCUT2D eigenvalue weighted by Crippen LogP contribution is -2.39. The molecule has 1 aliphatic rings. The van der Waals surface area contributed by atoms with Gasteiger partial charge in [0.1, 0.15) is 6.04 Å². The summed E-state index contributed by atoms with van der Waals surface area (Å²) < 4.78 is 6.04. The summed E-state index contributed by atoms with van der Waals surface area (Å²) in [5, 5.41) is 0. The average Bonchev–Trinajstić information content (AvgIpc) is 3.09. The first kappa shape index (κ1) is 17.7. The highest BCUT2D eigenvalue weighted by atomic mass is 16.6. The van der Waals surface area contributed by atoms with Crippen molar-refractivity contribution in [3.8, 4) is 0 Å². The second-order valence-corrected chi connectivity index (χ2v) is 6.56. The molecule has 1 saturated heterocycles. The molecule has 3 aromatic rings. The summed E-state index contributed by atoms with van der Waals surface area (Å²) in [6.45, 7) is 3.56. The molecule has 4 rings (SSSR count). The third-order valence-electron chi connectivity index (χ3n) is 5.02. The molecule has 0 aliphatic carbocycles. The Morgan fingerprint density at radius 1 is 0.857 bits per heavy atom. The number of cyclic esters (lactones) is 1. The third-order valence-corrected chi connectivity index (χ3v) is 5.02. The van der Waals surface area contributed by atoms with Gasteiger partial charge in [-0.25, -0.2) is 9.69 Å². The second-order valence-electron chi connectivity index (χ2n) is 6.56. The zero-order valence-corrected chi connectivity index (χ0v) is 15.2. The van der Waals surface area contributed by atoms with E-state index in [1.165, 1.54) is 0 Å². The van der Waals surface area contributed by atoms with Crippen LogP contribution in [0.2, 0.25) is 0 Å². The van der Waals surface area contributed by atoms with Gasteiger partial charge < -0.3 is 4.74 Å². The van der Waals surface area contributed by atoms with Crippen LogP contribution in [0.4, 0.5) is 4.79 Å². The Labute approximate surface area is 163 Å². The monoisotopic (exact) mass is 369 g/mol. The average molecular weight is 369 g/mol. The van der Waals surface area contributed by atoms with Gasteiger partial charge >= 0.3 is 6.09 Å². The van der Waals surface area contributed by atoms with Gasteiger partial charge in [-0.15, -0.1) is 0 Å². The van der Waals surface area contributed by atoms with E-state index in [1.807, 2.05) is 91.0 Å². The first-order valence-electron chi connectivity index (χ1n) is 9.03. The quantitative estimate of drug-likeness (QED) is 0.619. The molecule has 4 nitrogen and oxygen atoms in total. The fourth-order valence-electron chi connectivity index (χ4n) is 3.84. The predicted molar refractivity (Wildman–Crippen MR) is 106 cm³/mol. The molecule has 0 saturated carbocycles. The molecule has 4 heteroatoms. The number of imide groups is 1. The van der Waals surface area contributed by atoms with Crippen molar-refractivity contribution in [1.82, 2.24) is 4.90 Å². The van der Waals surface area contributed by atoms with Crippen molar-refractivity contribution in [2.75, 3.05) is 0 Å². The van der Waals surface area contributed by atoms with Crippen LogP contribution in [-0.4, -0.2) is 16.9 Å². The molecule has 0 bridgehead atoms. The lowest BCUT2D eigenvalue weighted by atomic mass is 9.77. The third kappa shape index (κ3) is 2.70. The summed E-state index contributed by atoms with van der Waals surface area (Å²) >= 11 is 0. The second kappa shape index (κ2) is 7.16. The van der Waals surface area contributed by atoms with Gasteiger partial charge in [-0.05, 0) is 11.6 Å². The Hall–Kier alpha value is -3.66. The van der Waals surface area contributed by atoms with Gasteiger partial charge in [-0.3, -0.25) is 4.79 Å². The van der Waals surface area contributed by atoms with Crippen LogP contribution in [-0.2, 0) is 15.1 Å². The fourth-order valence-corrected chi connectivity index (χ4v) is 3.84. The van der Waals surface area contributed by atoms with E-state index in [2.05, 4.69) is 6.58 Å². The molecule has 0 radical (unpaired) electrons. The van der Waals surface area contributed by atoms with Crippen molar-refractivity contribution in [2.24, 2.45) is 0 Å². The van der Waals surface area contributed by atoms with E-state index in [0.29, 0.717) is 0 Å². The van der Waals surface area contributed by atoms with E-state index in [1.54, 1.807) is 0 Å². The van der Waals surface area contributed by atoms with Gasteiger partial charge in [0.05, 0.1) is 0 Å². The highest BCUT2D eigenvalue weighted by molar-refractivity contribution is 6.00. The molecule has 1 fully saturated rings. The molecule has 1 atom stereocenters. The molecule has 0 spiro atoms. The number of rotatable bonds is 4. The van der Waals surface area contributed by atoms with Crippen molar-refractivity contribution in [3.05, 3.63) is 120 Å². The van der Waals surface area contributed by atoms with Crippen LogP contribution in [0.5, 0.6) is 0 Å². The lowest BCUT2D eigenvalue weighted by molar-refractivity contribution is -0.124. The Morgan fingerprint density at radius 2 is 1.32 bits per heavy atom. The Morgan fingerprint density at radius 3 is 1.79 bits per heavy atom. The lowest BCUT2D eigenvalue weighted by Gasteiger charge is -2.35. The van der Waals surface area contributed by atoms with Crippen molar-refractivity contribution in [3.63, 3.8) is 0 Å². The predicted octanol–water partition coefficient (Wildman–Crippen LogP) is 4.84. The fraction of sp³-hybridized carbons (Fsp3) is 0.0833. The minimum Gasteiger partial charge on any atom is -0.430 e. The van der Waals surface area contributed by atoms with Crippen molar-refractivity contribution >= 4 is 12.0 Å². The van der Waals surface area contributed by atoms with Gasteiger partial charge in [0.15, 0.2) is 5.60 Å². The SMILES string of the molecule is C=CC(=O)N1C(=O)OC(c2ccccc2)(c2ccccc2)C1c1ccccc1. The number of carbonyl (C=O) groups is 2. The van der Waals surface area contributed by atoms with Gasteiger partial charge in [-0.1, -0.05) is 97.6 Å². The Balaban J connectivity index is 2.04. The van der Waals surface area contributed by atoms with Gasteiger partial charge in [0.2, 0.25) is 0 Å². The summed E-state index contributed by atoms with van der Waals surface area (Å²) in [4.78, 5) is 26.8. The minimum absolute atomic E-state index is 0.493. The highest BCUT2D eigenvalue weighted by Gasteiger charge is 2.58. The van der Waals surface area contributed by atoms with E-state index < -0.39 is 23.6 Å². The van der Waals surface area contributed by atoms with Crippen LogP contribution >= 0.6 is 0 Å². The summed E-state index contributed by atoms with van der Waals surface area (Å²) in [7, 11) is 0. The van der Waals surface area contributed by atoms with Crippen molar-refractivity contribution in [2.45, 2.75) is 11.6 Å². The number of hydrogen-bond donors (Lipinski definition) is 0. The maximum absolute atomic E-state index is 13.0. The number of carbonyl (C=O) groups excluding carboxylic acids is 2. The number of benzene rings is 3. The smallest absolute Gasteiger partial charge is 0.418 e. The highest BCUT2D eigenvalue weighted by Crippen LogP contribution is 2.52. The molecule has 2 amide bonds. The molecule has 1 aliphatic heterocycles. The summed E-state index contributed by atoms with van der Waals surface area (Å²) in [5.41, 5.74) is 1.22. The van der Waals surface area contributed by atoms with E-state index >= 15 is 0 Å². The maximum Gasteiger partial charge on any atom is 0.418 e. The number of nitrogens with zero attached hydrogens (tertiary/aromatic N) is 1. The number of amides is 2. The molecule has 138 valence electrons. The molecule has 1 unspecified atom stereocenters. The zero-order chi connectivity index (χ0) is 19.6. The summed E-state index contributed by atoms with van der Waals surface area (Å²) in [6.07, 6.45) is 0.454. The van der Waals surface area contributed by atoms with Crippen LogP contribution in [0.1, 0.15) is 22.7 Å². The topological polar surface area (TPSA) is 46.6 Å². The summed E-state index contributed by atoms with van der Waals surface area (Å²) in [5.74, 6) is -0.493. The van der Waals surface area contributed by atoms with E-state index in [9.17, 15) is 9.59 Å². The van der Waals surface area contributed by atoms with Crippen LogP contribution in [0.15, 0.2) is 104 Å². The molecular formula is C24H19NO3. The Kier molecular flexibility index (Phi) is 4.53. The standard InChI is InChI=1S/C24H19NO3/c1-2-21(26)25-22(18-12-6-3-7-13-18)24(28-23(25)27,19-14-8-4-9-15-19)20-16-10-5-11-17-20/h2-17,22H,1H2. The maximum atomic E-state index is 13.0. The van der Waals surface area contributed by atoms with E-state index in [0.717, 1.165) is 27.7 Å². The summed E-state index contributed by atoms with van der Waals surface area (Å²) in [6, 6.07) is 27.9. The first-order valence-corrected chi connectivity index (χ1v) is 9.03. The molecule has 3 aromatic carbocycles. The number of ether oxygens (including phenoxy) is 1.